The first kappa shape index (κ1) is 44.7. The van der Waals surface area contributed by atoms with Gasteiger partial charge in [-0.3, -0.25) is 19.2 Å². The van der Waals surface area contributed by atoms with Crippen molar-refractivity contribution in [2.24, 2.45) is 0 Å². The highest BCUT2D eigenvalue weighted by Crippen LogP contribution is 2.36. The number of benzene rings is 6. The molecule has 2 aromatic heterocycles. The molecule has 0 unspecified atom stereocenters. The molecule has 10 rings (SSSR count). The summed E-state index contributed by atoms with van der Waals surface area (Å²) in [5.41, 5.74) is -7.93. The molecular weight excluding hydrogens is 1270 g/mol. The second kappa shape index (κ2) is 32.7. The number of aromatic nitrogens is 4. The van der Waals surface area contributed by atoms with Crippen molar-refractivity contribution in [1.82, 2.24) is 38.7 Å². The minimum absolute atomic E-state index is 0.0458. The molecule has 2 amide bonds. The van der Waals surface area contributed by atoms with Gasteiger partial charge in [-0.1, -0.05) is 148 Å². The third-order valence-electron chi connectivity index (χ3n) is 14.9. The Hall–Kier alpha value is -7.92. The second-order valence-corrected chi connectivity index (χ2v) is 23.0. The van der Waals surface area contributed by atoms with Gasteiger partial charge in [-0.25, -0.2) is 8.78 Å². The summed E-state index contributed by atoms with van der Waals surface area (Å²) < 4.78 is 325. The van der Waals surface area contributed by atoms with Gasteiger partial charge in [0, 0.05) is 87.0 Å². The smallest absolute Gasteiger partial charge is 0.336 e. The van der Waals surface area contributed by atoms with Crippen LogP contribution in [0.25, 0.3) is 22.3 Å². The van der Waals surface area contributed by atoms with Crippen LogP contribution in [0, 0.1) is 18.6 Å². The monoisotopic (exact) mass is 1370 g/mol. The Morgan fingerprint density at radius 2 is 1.07 bits per heavy atom. The normalized spacial score (nSPS) is 18.8. The molecule has 0 fully saturated rings. The summed E-state index contributed by atoms with van der Waals surface area (Å²) >= 11 is 1.23. The van der Waals surface area contributed by atoms with Gasteiger partial charge in [-0.15, -0.1) is 0 Å². The molecule has 0 atom stereocenters. The van der Waals surface area contributed by atoms with Crippen molar-refractivity contribution in [3.8, 4) is 22.3 Å². The minimum atomic E-state index is -5.18. The summed E-state index contributed by atoms with van der Waals surface area (Å²) in [6.45, 7) is -5.97. The fourth-order valence-corrected chi connectivity index (χ4v) is 11.5. The first-order valence-corrected chi connectivity index (χ1v) is 31.4. The lowest BCUT2D eigenvalue weighted by Crippen LogP contribution is -2.40. The van der Waals surface area contributed by atoms with E-state index in [9.17, 15) is 59.8 Å². The average molecular weight is 1370 g/mol. The third kappa shape index (κ3) is 19.0. The van der Waals surface area contributed by atoms with Crippen molar-refractivity contribution in [2.75, 3.05) is 52.3 Å². The van der Waals surface area contributed by atoms with E-state index in [4.69, 9.17) is 28.8 Å². The number of hydrogen-bond acceptors (Lipinski definition) is 10. The summed E-state index contributed by atoms with van der Waals surface area (Å²) in [7, 11) is 0. The highest BCUT2D eigenvalue weighted by Gasteiger charge is 2.33. The second-order valence-electron chi connectivity index (χ2n) is 21.1. The van der Waals surface area contributed by atoms with Gasteiger partial charge < -0.3 is 28.7 Å². The van der Waals surface area contributed by atoms with E-state index in [1.165, 1.54) is 38.1 Å². The molecule has 0 aliphatic heterocycles. The predicted molar refractivity (Wildman–Crippen MR) is 358 cm³/mol. The zero-order chi connectivity index (χ0) is 90.1. The van der Waals surface area contributed by atoms with E-state index >= 15 is 0 Å². The van der Waals surface area contributed by atoms with Gasteiger partial charge in [0.15, 0.2) is 10.3 Å². The first-order valence-electron chi connectivity index (χ1n) is 42.0. The molecule has 6 aromatic carbocycles. The number of hydrogen-bond donors (Lipinski definition) is 0. The molecule has 22 heteroatoms. The van der Waals surface area contributed by atoms with E-state index in [2.05, 4.69) is 9.97 Å². The van der Waals surface area contributed by atoms with Gasteiger partial charge in [0.2, 0.25) is 11.8 Å². The van der Waals surface area contributed by atoms with Gasteiger partial charge in [-0.2, -0.15) is 36.3 Å². The number of halogens is 8. The van der Waals surface area contributed by atoms with Crippen LogP contribution in [0.15, 0.2) is 159 Å². The van der Waals surface area contributed by atoms with E-state index in [0.717, 1.165) is 45.2 Å². The van der Waals surface area contributed by atoms with Gasteiger partial charge in [0.05, 0.1) is 31.7 Å². The molecule has 12 nitrogen and oxygen atoms in total. The number of carbonyl (C=O) groups is 2. The molecule has 8 aromatic rings. The lowest BCUT2D eigenvalue weighted by molar-refractivity contribution is -0.138. The summed E-state index contributed by atoms with van der Waals surface area (Å²) in [5.74, 6) is -5.30. The average Bonchev–Trinajstić information content (AvgIpc) is 1.51. The number of alkyl halides is 6. The largest absolute Gasteiger partial charge is 0.416 e. The van der Waals surface area contributed by atoms with E-state index in [1.54, 1.807) is 55.1 Å². The highest BCUT2D eigenvalue weighted by molar-refractivity contribution is 7.98. The summed E-state index contributed by atoms with van der Waals surface area (Å²) in [6, 6.07) is 5.18. The van der Waals surface area contributed by atoms with Crippen LogP contribution in [0.1, 0.15) is 136 Å². The Morgan fingerprint density at radius 3 is 1.64 bits per heavy atom. The molecule has 2 heterocycles. The quantitative estimate of drug-likeness (QED) is 0.0295. The third-order valence-corrected chi connectivity index (χ3v) is 16.9. The van der Waals surface area contributed by atoms with Crippen molar-refractivity contribution < 1.29 is 79.0 Å². The van der Waals surface area contributed by atoms with Crippen LogP contribution in [-0.2, 0) is 85.1 Å². The molecule has 0 bridgehead atoms. The van der Waals surface area contributed by atoms with Gasteiger partial charge in [0.25, 0.3) is 11.1 Å². The van der Waals surface area contributed by atoms with Crippen LogP contribution in [0.4, 0.5) is 35.1 Å². The highest BCUT2D eigenvalue weighted by atomic mass is 32.2. The molecule has 0 spiro atoms. The maximum atomic E-state index is 15.0. The van der Waals surface area contributed by atoms with Crippen molar-refractivity contribution >= 4 is 35.3 Å². The standard InChI is InChI=1S/C37H40F4N4O2S.C36H38F4N4O2S/c1-4-43(5-2)19-20-44(22-26-9-13-28(14-10-26)29-15-18-32(25(3)21-29)37(39,40)41)34(46)23-45-33-8-6-7-31(33)35(47)42-36(45)48-24-27-11-16-30(38)17-12-27;1-3-42(4-2)20-21-43(22-25-8-12-27(13-9-25)28-14-16-29(17-15-28)36(38,39)40)33(45)23-44-32-7-5-6-31(32)34(46)41-35(44)47-24-26-10-18-30(37)19-11-26/h9-18,21H,4-8,19-20,22-24H2,1-3H3;8-19H,3-7,20-24H2,1-2H3/i6D2,7D2,8D2,9D,10D,11D,12D,13D,14D,15D,16D,17D,18D,21D,23D2;3D2,4D2,23D2. The maximum absolute atomic E-state index is 15.0. The van der Waals surface area contributed by atoms with E-state index in [1.807, 2.05) is 0 Å². The van der Waals surface area contributed by atoms with Crippen LogP contribution < -0.4 is 11.1 Å². The summed E-state index contributed by atoms with van der Waals surface area (Å²) in [5, 5.41) is -1.02. The summed E-state index contributed by atoms with van der Waals surface area (Å²) in [6.07, 6.45) is -19.3. The SMILES string of the molecule is [2H]C([2H])(C)N(CCN(Cc1ccc(-c2ccc(C(F)(F)F)cc2)cc1)C(=O)C([2H])([2H])n1c(SCc2ccc(F)cc2)nc(=O)c2c1CCC2)C([2H])([2H])C.[2H]c1c([2H])c(CSc2nc(=O)c3c(n2C([2H])([2H])C(=O)N(CCN(CC)CC)Cc2c([2H])c([2H])c(-c4c([2H])c([2H])c(C(F)(F)F)c(C)c4[2H])c([2H])c2[2H])C([2H])([2H])C([2H])([2H])C3([2H])[2H])c([2H])c([2H])c1F. The number of rotatable bonds is 26. The van der Waals surface area contributed by atoms with Crippen molar-refractivity contribution in [3.63, 3.8) is 0 Å². The fourth-order valence-electron chi connectivity index (χ4n) is 9.80. The number of fused-ring (bicyclic) bond motifs is 2. The zero-order valence-electron chi connectivity index (χ0n) is 76.7. The number of nitrogens with zero attached hydrogens (tertiary/aromatic N) is 8. The first-order chi connectivity index (χ1) is 55.3. The molecule has 0 saturated heterocycles. The topological polar surface area (TPSA) is 117 Å². The van der Waals surface area contributed by atoms with Gasteiger partial charge in [0.1, 0.15) is 24.6 Å². The van der Waals surface area contributed by atoms with Crippen molar-refractivity contribution in [1.29, 1.82) is 0 Å². The van der Waals surface area contributed by atoms with E-state index < -0.39 is 233 Å². The molecule has 0 saturated carbocycles. The van der Waals surface area contributed by atoms with Crippen molar-refractivity contribution in [2.45, 2.75) is 133 Å². The fraction of sp³-hybridized carbons (Fsp3) is 0.370. The number of likely N-dealkylation sites (N-methyl/N-ethyl adjacent to an activating group) is 2. The summed E-state index contributed by atoms with van der Waals surface area (Å²) in [4.78, 5) is 68.5. The van der Waals surface area contributed by atoms with Crippen LogP contribution in [0.5, 0.6) is 0 Å². The van der Waals surface area contributed by atoms with E-state index in [0.29, 0.717) is 70.8 Å². The molecule has 95 heavy (non-hydrogen) atoms. The molecule has 2 aliphatic rings. The lowest BCUT2D eigenvalue weighted by atomic mass is 9.98. The van der Waals surface area contributed by atoms with Crippen LogP contribution in [0.3, 0.4) is 0 Å². The predicted octanol–water partition coefficient (Wildman–Crippen LogP) is 14.7. The van der Waals surface area contributed by atoms with Gasteiger partial charge in [-0.05, 0) is 164 Å². The van der Waals surface area contributed by atoms with E-state index in [-0.39, 0.29) is 53.4 Å². The maximum Gasteiger partial charge on any atom is 0.416 e. The Balaban J connectivity index is 0.000000280. The van der Waals surface area contributed by atoms with Crippen LogP contribution >= 0.6 is 23.5 Å². The molecule has 2 aliphatic carbocycles. The Labute approximate surface area is 592 Å². The number of thioether (sulfide) groups is 2. The zero-order valence-corrected chi connectivity index (χ0v) is 53.3. The minimum Gasteiger partial charge on any atom is -0.336 e. The molecule has 0 radical (unpaired) electrons. The lowest BCUT2D eigenvalue weighted by Gasteiger charge is -2.28. The van der Waals surface area contributed by atoms with Crippen molar-refractivity contribution in [3.05, 3.63) is 233 Å². The Kier molecular flexibility index (Phi) is 15.4. The molecular formula is C73H78F8N8O4S2. The Morgan fingerprint density at radius 1 is 0.558 bits per heavy atom. The molecule has 502 valence electrons. The number of carbonyl (C=O) groups excluding carboxylic acids is 2. The Bertz CT molecular complexity index is 5310. The molecule has 0 N–H and O–H groups in total. The van der Waals surface area contributed by atoms with Crippen LogP contribution in [0.2, 0.25) is 0 Å². The van der Waals surface area contributed by atoms with Crippen LogP contribution in [-0.4, -0.2) is 103 Å². The van der Waals surface area contributed by atoms with Gasteiger partial charge >= 0.3 is 12.4 Å². The number of amides is 2.